The molecule has 90 heavy (non-hydrogen) atoms. The molecule has 0 amide bonds. The van der Waals surface area contributed by atoms with E-state index in [1.807, 2.05) is 0 Å². The number of hydrogen-bond acceptors (Lipinski definition) is 1. The van der Waals surface area contributed by atoms with Crippen LogP contribution in [-0.2, 0) is 32.5 Å². The number of anilines is 3. The summed E-state index contributed by atoms with van der Waals surface area (Å²) in [4.78, 5) is 2.59. The van der Waals surface area contributed by atoms with Crippen LogP contribution in [0.3, 0.4) is 0 Å². The van der Waals surface area contributed by atoms with Gasteiger partial charge >= 0.3 is 0 Å². The summed E-state index contributed by atoms with van der Waals surface area (Å²) in [6.45, 7) is 41.7. The lowest BCUT2D eigenvalue weighted by Crippen LogP contribution is -2.16. The fraction of sp³-hybridized carbons (Fsp3) is 0.273. The minimum atomic E-state index is -0.140. The molecule has 0 N–H and O–H groups in total. The number of benzene rings is 12. The van der Waals surface area contributed by atoms with Gasteiger partial charge in [0.2, 0.25) is 0 Å². The van der Waals surface area contributed by atoms with Crippen molar-refractivity contribution >= 4 is 71.2 Å². The number of aromatic nitrogens is 1. The maximum absolute atomic E-state index is 2.59. The lowest BCUT2D eigenvalue weighted by molar-refractivity contribution is 0.590. The average molecular weight is 1180 g/mol. The number of rotatable bonds is 8. The molecule has 1 aromatic heterocycles. The van der Waals surface area contributed by atoms with Gasteiger partial charge in [-0.15, -0.1) is 0 Å². The van der Waals surface area contributed by atoms with Crippen LogP contribution in [0.25, 0.3) is 104 Å². The predicted molar refractivity (Wildman–Crippen MR) is 393 cm³/mol. The van der Waals surface area contributed by atoms with E-state index < -0.39 is 0 Å². The van der Waals surface area contributed by atoms with E-state index in [9.17, 15) is 0 Å². The van der Waals surface area contributed by atoms with Crippen LogP contribution in [0.5, 0.6) is 0 Å². The van der Waals surface area contributed by atoms with Crippen LogP contribution in [0.2, 0.25) is 0 Å². The molecule has 0 unspecified atom stereocenters. The van der Waals surface area contributed by atoms with Crippen LogP contribution in [-0.4, -0.2) is 4.57 Å². The van der Waals surface area contributed by atoms with Gasteiger partial charge in [-0.1, -0.05) is 288 Å². The summed E-state index contributed by atoms with van der Waals surface area (Å²) < 4.78 is 2.55. The molecule has 2 nitrogen and oxygen atoms in total. The molecule has 0 atom stereocenters. The van der Waals surface area contributed by atoms with Gasteiger partial charge in [-0.25, -0.2) is 0 Å². The second-order valence-electron chi connectivity index (χ2n) is 32.0. The Hall–Kier alpha value is -8.72. The molecule has 452 valence electrons. The summed E-state index contributed by atoms with van der Waals surface area (Å²) in [6, 6.07) is 84.8. The second kappa shape index (κ2) is 21.5. The van der Waals surface area contributed by atoms with E-state index >= 15 is 0 Å². The molecule has 0 fully saturated rings. The van der Waals surface area contributed by atoms with E-state index in [4.69, 9.17) is 0 Å². The number of hydrogen-bond donors (Lipinski definition) is 0. The van der Waals surface area contributed by atoms with Crippen molar-refractivity contribution in [2.24, 2.45) is 0 Å². The van der Waals surface area contributed by atoms with Gasteiger partial charge in [0.1, 0.15) is 0 Å². The van der Waals surface area contributed by atoms with E-state index in [0.717, 1.165) is 17.1 Å². The fourth-order valence-electron chi connectivity index (χ4n) is 13.8. The molecule has 13 rings (SSSR count). The lowest BCUT2D eigenvalue weighted by Gasteiger charge is -2.32. The molecule has 0 aliphatic carbocycles. The molecule has 0 spiro atoms. The fourth-order valence-corrected chi connectivity index (χ4v) is 13.8. The third-order valence-electron chi connectivity index (χ3n) is 19.4. The highest BCUT2D eigenvalue weighted by atomic mass is 15.1. The van der Waals surface area contributed by atoms with E-state index in [-0.39, 0.29) is 32.5 Å². The first-order chi connectivity index (χ1) is 42.4. The lowest BCUT2D eigenvalue weighted by atomic mass is 9.82. The monoisotopic (exact) mass is 1170 g/mol. The van der Waals surface area contributed by atoms with Crippen molar-refractivity contribution in [1.82, 2.24) is 4.57 Å². The van der Waals surface area contributed by atoms with Gasteiger partial charge < -0.3 is 9.47 Å². The molecule has 12 aromatic carbocycles. The molecule has 0 aliphatic rings. The molecule has 2 heteroatoms. The third kappa shape index (κ3) is 10.8. The standard InChI is InChI=1S/C88H90N2/c1-83(2,3)60-33-23-55(24-34-60)67-21-19-20-22-69(67)70-46-38-65(88(16,17)18)54-80(70)89(66-41-27-57(28-42-66)73-51-62(85(7,8)9)37-45-68(73)56-25-35-61(36-26-56)84(4,5)6)76-47-31-58-30-44-72-77(48-32-59-29-43-71(76)81(58)82(59)72)90-78-49-39-63(86(10,11)12)52-74(78)75-53-64(87(13,14)15)40-50-79(75)90/h19-54H,1-18H3. The Balaban J connectivity index is 1.07. The molecule has 0 saturated heterocycles. The Morgan fingerprint density at radius 2 is 0.633 bits per heavy atom. The van der Waals surface area contributed by atoms with Gasteiger partial charge in [0.15, 0.2) is 0 Å². The topological polar surface area (TPSA) is 8.17 Å². The predicted octanol–water partition coefficient (Wildman–Crippen LogP) is 25.6. The number of fused-ring (bicyclic) bond motifs is 3. The zero-order chi connectivity index (χ0) is 63.8. The SMILES string of the molecule is CC(C)(C)c1ccc(-c2ccc(C(C)(C)C)cc2-c2ccc(N(c3cc(C(C)(C)C)ccc3-c3ccccc3-c3ccc(C(C)(C)C)cc3)c3ccc4ccc5c(-n6c7ccc(C(C)(C)C)cc7c7cc(C(C)(C)C)ccc76)ccc6ccc3c4c65)cc2)cc1. The smallest absolute Gasteiger partial charge is 0.0543 e. The van der Waals surface area contributed by atoms with Gasteiger partial charge in [0.25, 0.3) is 0 Å². The quantitative estimate of drug-likeness (QED) is 0.138. The van der Waals surface area contributed by atoms with Crippen molar-refractivity contribution in [1.29, 1.82) is 0 Å². The summed E-state index contributed by atoms with van der Waals surface area (Å²) >= 11 is 0. The van der Waals surface area contributed by atoms with E-state index in [1.165, 1.54) is 138 Å². The zero-order valence-electron chi connectivity index (χ0n) is 56.7. The minimum Gasteiger partial charge on any atom is -0.309 e. The van der Waals surface area contributed by atoms with Gasteiger partial charge in [-0.05, 0) is 181 Å². The summed E-state index contributed by atoms with van der Waals surface area (Å²) in [5.41, 5.74) is 24.5. The summed E-state index contributed by atoms with van der Waals surface area (Å²) in [5, 5.41) is 10.0. The summed E-state index contributed by atoms with van der Waals surface area (Å²) in [5.74, 6) is 0. The van der Waals surface area contributed by atoms with Crippen LogP contribution in [0.4, 0.5) is 17.1 Å². The zero-order valence-corrected chi connectivity index (χ0v) is 56.7. The molecular weight excluding hydrogens is 1080 g/mol. The Kier molecular flexibility index (Phi) is 14.4. The third-order valence-corrected chi connectivity index (χ3v) is 19.4. The van der Waals surface area contributed by atoms with Crippen molar-refractivity contribution in [3.8, 4) is 50.2 Å². The Labute approximate surface area is 536 Å². The van der Waals surface area contributed by atoms with Crippen LogP contribution in [0.15, 0.2) is 218 Å². The number of nitrogens with zero attached hydrogens (tertiary/aromatic N) is 2. The van der Waals surface area contributed by atoms with Gasteiger partial charge in [-0.3, -0.25) is 0 Å². The first-order valence-electron chi connectivity index (χ1n) is 32.7. The maximum atomic E-state index is 2.59. The van der Waals surface area contributed by atoms with Crippen molar-refractivity contribution in [2.45, 2.75) is 157 Å². The van der Waals surface area contributed by atoms with E-state index in [0.29, 0.717) is 0 Å². The molecule has 0 radical (unpaired) electrons. The highest BCUT2D eigenvalue weighted by Gasteiger charge is 2.29. The first kappa shape index (κ1) is 60.2. The highest BCUT2D eigenvalue weighted by Crippen LogP contribution is 2.51. The van der Waals surface area contributed by atoms with Gasteiger partial charge in [0, 0.05) is 32.8 Å². The van der Waals surface area contributed by atoms with Crippen molar-refractivity contribution in [2.75, 3.05) is 4.90 Å². The second-order valence-corrected chi connectivity index (χ2v) is 32.0. The normalized spacial score (nSPS) is 13.0. The highest BCUT2D eigenvalue weighted by molar-refractivity contribution is 6.28. The van der Waals surface area contributed by atoms with Gasteiger partial charge in [0.05, 0.1) is 28.1 Å². The van der Waals surface area contributed by atoms with Crippen molar-refractivity contribution in [3.63, 3.8) is 0 Å². The Morgan fingerprint density at radius 1 is 0.256 bits per heavy atom. The average Bonchev–Trinajstić information content (AvgIpc) is 1.26. The molecule has 13 aromatic rings. The first-order valence-corrected chi connectivity index (χ1v) is 32.7. The molecule has 0 aliphatic heterocycles. The van der Waals surface area contributed by atoms with Crippen molar-refractivity contribution in [3.05, 3.63) is 252 Å². The molecule has 0 saturated carbocycles. The summed E-state index contributed by atoms with van der Waals surface area (Å²) in [6.07, 6.45) is 0. The van der Waals surface area contributed by atoms with Crippen LogP contribution in [0, 0.1) is 0 Å². The van der Waals surface area contributed by atoms with Crippen LogP contribution in [0.1, 0.15) is 158 Å². The molecule has 0 bridgehead atoms. The summed E-state index contributed by atoms with van der Waals surface area (Å²) in [7, 11) is 0. The van der Waals surface area contributed by atoms with Crippen LogP contribution >= 0.6 is 0 Å². The van der Waals surface area contributed by atoms with Crippen LogP contribution < -0.4 is 4.90 Å². The van der Waals surface area contributed by atoms with Gasteiger partial charge in [-0.2, -0.15) is 0 Å². The largest absolute Gasteiger partial charge is 0.309 e. The van der Waals surface area contributed by atoms with E-state index in [2.05, 4.69) is 352 Å². The molecule has 1 heterocycles. The molecular formula is C88H90N2. The Bertz CT molecular complexity index is 4810. The Morgan fingerprint density at radius 3 is 1.14 bits per heavy atom. The van der Waals surface area contributed by atoms with E-state index in [1.54, 1.807) is 0 Å². The maximum Gasteiger partial charge on any atom is 0.0543 e. The minimum absolute atomic E-state index is 0.00239. The van der Waals surface area contributed by atoms with Crippen molar-refractivity contribution < 1.29 is 0 Å².